The zero-order valence-electron chi connectivity index (χ0n) is 8.24. The van der Waals surface area contributed by atoms with Crippen LogP contribution in [0.4, 0.5) is 0 Å². The van der Waals surface area contributed by atoms with Crippen molar-refractivity contribution in [3.63, 3.8) is 0 Å². The molecule has 0 unspecified atom stereocenters. The first-order valence-electron chi connectivity index (χ1n) is 4.25. The molecule has 0 aliphatic carbocycles. The summed E-state index contributed by atoms with van der Waals surface area (Å²) in [4.78, 5) is 25.9. The Hall–Kier alpha value is -2.29. The first kappa shape index (κ1) is 9.27. The van der Waals surface area contributed by atoms with Gasteiger partial charge in [0.05, 0.1) is 11.1 Å². The normalized spacial score (nSPS) is 10.5. The molecule has 2 rings (SSSR count). The molecule has 2 heterocycles. The van der Waals surface area contributed by atoms with Crippen molar-refractivity contribution in [2.24, 2.45) is 14.1 Å². The number of aromatic amines is 1. The van der Waals surface area contributed by atoms with Gasteiger partial charge in [0.25, 0.3) is 5.56 Å². The molecule has 2 aromatic heterocycles. The Morgan fingerprint density at radius 1 is 1.33 bits per heavy atom. The predicted molar refractivity (Wildman–Crippen MR) is 53.5 cm³/mol. The maximum absolute atomic E-state index is 11.6. The molecular weight excluding hydrogens is 196 g/mol. The number of nitrogens with one attached hydrogen (secondary N) is 1. The van der Waals surface area contributed by atoms with Crippen molar-refractivity contribution in [1.82, 2.24) is 14.1 Å². The molecule has 0 saturated heterocycles. The van der Waals surface area contributed by atoms with Crippen LogP contribution in [0.1, 0.15) is 5.56 Å². The third kappa shape index (κ3) is 1.03. The quantitative estimate of drug-likeness (QED) is 0.624. The average Bonchev–Trinajstić information content (AvgIpc) is 2.67. The Balaban J connectivity index is 3.20. The molecule has 0 aliphatic heterocycles. The summed E-state index contributed by atoms with van der Waals surface area (Å²) >= 11 is 0. The van der Waals surface area contributed by atoms with Gasteiger partial charge >= 0.3 is 5.69 Å². The molecule has 76 valence electrons. The fraction of sp³-hybridized carbons (Fsp3) is 0.222. The highest BCUT2D eigenvalue weighted by Crippen LogP contribution is 2.10. The molecule has 0 fully saturated rings. The van der Waals surface area contributed by atoms with Crippen molar-refractivity contribution in [3.05, 3.63) is 32.6 Å². The minimum Gasteiger partial charge on any atom is -0.354 e. The third-order valence-corrected chi connectivity index (χ3v) is 2.40. The molecule has 1 N–H and O–H groups in total. The monoisotopic (exact) mass is 204 g/mol. The van der Waals surface area contributed by atoms with E-state index in [2.05, 4.69) is 4.98 Å². The van der Waals surface area contributed by atoms with Crippen LogP contribution in [0.25, 0.3) is 11.0 Å². The number of rotatable bonds is 0. The Labute approximate surface area is 84.0 Å². The van der Waals surface area contributed by atoms with E-state index in [1.54, 1.807) is 0 Å². The summed E-state index contributed by atoms with van der Waals surface area (Å²) in [6.07, 6.45) is 1.42. The van der Waals surface area contributed by atoms with Crippen LogP contribution in [-0.4, -0.2) is 14.1 Å². The summed E-state index contributed by atoms with van der Waals surface area (Å²) in [6, 6.07) is 1.93. The van der Waals surface area contributed by atoms with E-state index in [-0.39, 0.29) is 5.52 Å². The summed E-state index contributed by atoms with van der Waals surface area (Å²) in [5, 5.41) is 8.81. The van der Waals surface area contributed by atoms with E-state index >= 15 is 0 Å². The molecule has 0 spiro atoms. The molecule has 0 atom stereocenters. The smallest absolute Gasteiger partial charge is 0.331 e. The number of H-pyrrole nitrogens is 1. The van der Waals surface area contributed by atoms with E-state index in [4.69, 9.17) is 5.26 Å². The number of nitrogens with zero attached hydrogens (tertiary/aromatic N) is 3. The first-order valence-corrected chi connectivity index (χ1v) is 4.25. The lowest BCUT2D eigenvalue weighted by Crippen LogP contribution is -2.36. The average molecular weight is 204 g/mol. The maximum Gasteiger partial charge on any atom is 0.331 e. The van der Waals surface area contributed by atoms with E-state index in [9.17, 15) is 9.59 Å². The van der Waals surface area contributed by atoms with Crippen molar-refractivity contribution in [3.8, 4) is 6.07 Å². The predicted octanol–water partition coefficient (Wildman–Crippen LogP) is -0.563. The third-order valence-electron chi connectivity index (χ3n) is 2.40. The van der Waals surface area contributed by atoms with Crippen LogP contribution >= 0.6 is 0 Å². The van der Waals surface area contributed by atoms with E-state index in [1.165, 1.54) is 24.9 Å². The van der Waals surface area contributed by atoms with Gasteiger partial charge in [-0.25, -0.2) is 4.79 Å². The van der Waals surface area contributed by atoms with Gasteiger partial charge in [-0.2, -0.15) is 5.26 Å². The second kappa shape index (κ2) is 2.85. The minimum absolute atomic E-state index is 0.274. The fourth-order valence-electron chi connectivity index (χ4n) is 1.59. The van der Waals surface area contributed by atoms with Gasteiger partial charge in [0.1, 0.15) is 11.6 Å². The van der Waals surface area contributed by atoms with Gasteiger partial charge in [0, 0.05) is 20.3 Å². The van der Waals surface area contributed by atoms with Gasteiger partial charge in [-0.15, -0.1) is 0 Å². The number of hydrogen-bond donors (Lipinski definition) is 1. The lowest BCUT2D eigenvalue weighted by Gasteiger charge is -2.03. The van der Waals surface area contributed by atoms with Crippen molar-refractivity contribution < 1.29 is 0 Å². The van der Waals surface area contributed by atoms with Crippen LogP contribution in [0.3, 0.4) is 0 Å². The lowest BCUT2D eigenvalue weighted by atomic mass is 10.3. The molecule has 15 heavy (non-hydrogen) atoms. The molecule has 0 amide bonds. The molecule has 0 saturated carbocycles. The Morgan fingerprint density at radius 3 is 2.60 bits per heavy atom. The summed E-state index contributed by atoms with van der Waals surface area (Å²) in [5.74, 6) is 0. The number of fused-ring (bicyclic) bond motifs is 1. The second-order valence-corrected chi connectivity index (χ2v) is 3.24. The first-order chi connectivity index (χ1) is 7.07. The standard InChI is InChI=1S/C9H8N4O2/c1-12-7-5(3-10)4-11-6(7)8(14)13(2)9(12)15/h4,11H,1-2H3. The van der Waals surface area contributed by atoms with E-state index in [0.29, 0.717) is 11.1 Å². The molecular formula is C9H8N4O2. The van der Waals surface area contributed by atoms with Crippen LogP contribution in [0.5, 0.6) is 0 Å². The van der Waals surface area contributed by atoms with E-state index in [0.717, 1.165) is 4.57 Å². The van der Waals surface area contributed by atoms with Crippen LogP contribution in [-0.2, 0) is 14.1 Å². The van der Waals surface area contributed by atoms with Crippen molar-refractivity contribution >= 4 is 11.0 Å². The van der Waals surface area contributed by atoms with Crippen LogP contribution in [0, 0.1) is 11.3 Å². The zero-order valence-corrected chi connectivity index (χ0v) is 8.24. The molecule has 6 heteroatoms. The Kier molecular flexibility index (Phi) is 1.76. The molecule has 0 aromatic carbocycles. The molecule has 2 aromatic rings. The van der Waals surface area contributed by atoms with Gasteiger partial charge in [-0.3, -0.25) is 13.9 Å². The highest BCUT2D eigenvalue weighted by atomic mass is 16.2. The summed E-state index contributed by atoms with van der Waals surface area (Å²) in [7, 11) is 2.93. The second-order valence-electron chi connectivity index (χ2n) is 3.24. The van der Waals surface area contributed by atoms with E-state index in [1.807, 2.05) is 6.07 Å². The molecule has 0 bridgehead atoms. The Bertz CT molecular complexity index is 696. The zero-order chi connectivity index (χ0) is 11.2. The minimum atomic E-state index is -0.441. The van der Waals surface area contributed by atoms with Gasteiger partial charge < -0.3 is 4.98 Å². The topological polar surface area (TPSA) is 83.6 Å². The molecule has 0 radical (unpaired) electrons. The van der Waals surface area contributed by atoms with Gasteiger partial charge in [0.15, 0.2) is 0 Å². The summed E-state index contributed by atoms with van der Waals surface area (Å²) in [5.41, 5.74) is 0.0576. The van der Waals surface area contributed by atoms with Crippen molar-refractivity contribution in [2.45, 2.75) is 0 Å². The highest BCUT2D eigenvalue weighted by Gasteiger charge is 2.13. The SMILES string of the molecule is Cn1c(=O)c2[nH]cc(C#N)c2n(C)c1=O. The van der Waals surface area contributed by atoms with Crippen LogP contribution in [0.2, 0.25) is 0 Å². The Morgan fingerprint density at radius 2 is 2.00 bits per heavy atom. The number of aryl methyl sites for hydroxylation is 1. The maximum atomic E-state index is 11.6. The van der Waals surface area contributed by atoms with Crippen LogP contribution in [0.15, 0.2) is 15.8 Å². The highest BCUT2D eigenvalue weighted by molar-refractivity contribution is 5.81. The van der Waals surface area contributed by atoms with Crippen molar-refractivity contribution in [1.29, 1.82) is 5.26 Å². The summed E-state index contributed by atoms with van der Waals surface area (Å²) in [6.45, 7) is 0. The summed E-state index contributed by atoms with van der Waals surface area (Å²) < 4.78 is 2.28. The number of hydrogen-bond acceptors (Lipinski definition) is 3. The lowest BCUT2D eigenvalue weighted by molar-refractivity contribution is 0.712. The molecule has 0 aliphatic rings. The van der Waals surface area contributed by atoms with Gasteiger partial charge in [-0.05, 0) is 0 Å². The number of aromatic nitrogens is 3. The van der Waals surface area contributed by atoms with Crippen LogP contribution < -0.4 is 11.2 Å². The fourth-order valence-corrected chi connectivity index (χ4v) is 1.59. The van der Waals surface area contributed by atoms with Crippen molar-refractivity contribution in [2.75, 3.05) is 0 Å². The molecule has 6 nitrogen and oxygen atoms in total. The van der Waals surface area contributed by atoms with Gasteiger partial charge in [0.2, 0.25) is 0 Å². The number of nitriles is 1. The largest absolute Gasteiger partial charge is 0.354 e. The van der Waals surface area contributed by atoms with E-state index < -0.39 is 11.2 Å². The van der Waals surface area contributed by atoms with Gasteiger partial charge in [-0.1, -0.05) is 0 Å².